The third-order valence-electron chi connectivity index (χ3n) is 5.57. The Morgan fingerprint density at radius 1 is 1.09 bits per heavy atom. The number of rotatable bonds is 17. The Morgan fingerprint density at radius 3 is 2.24 bits per heavy atom. The van der Waals surface area contributed by atoms with E-state index in [9.17, 15) is 18.3 Å². The Hall–Kier alpha value is -1.48. The van der Waals surface area contributed by atoms with Crippen LogP contribution in [0.5, 0.6) is 0 Å². The lowest BCUT2D eigenvalue weighted by Gasteiger charge is -2.25. The highest BCUT2D eigenvalue weighted by atomic mass is 32.2. The first kappa shape index (κ1) is 29.6. The molecule has 2 atom stereocenters. The van der Waals surface area contributed by atoms with Gasteiger partial charge in [-0.25, -0.2) is 12.7 Å². The molecule has 0 spiro atoms. The van der Waals surface area contributed by atoms with Gasteiger partial charge in [-0.2, -0.15) is 0 Å². The Bertz CT molecular complexity index is 775. The number of aliphatic hydroxyl groups excluding tert-OH is 1. The lowest BCUT2D eigenvalue weighted by atomic mass is 10.00. The van der Waals surface area contributed by atoms with Crippen molar-refractivity contribution in [3.63, 3.8) is 0 Å². The van der Waals surface area contributed by atoms with Crippen molar-refractivity contribution in [1.82, 2.24) is 14.9 Å². The fourth-order valence-corrected chi connectivity index (χ4v) is 5.19. The molecule has 0 aliphatic heterocycles. The van der Waals surface area contributed by atoms with E-state index in [0.29, 0.717) is 32.0 Å². The van der Waals surface area contributed by atoms with Crippen molar-refractivity contribution in [3.8, 4) is 0 Å². The van der Waals surface area contributed by atoms with Crippen LogP contribution in [0.25, 0.3) is 0 Å². The molecule has 1 aromatic carbocycles. The first-order valence-electron chi connectivity index (χ1n) is 12.3. The van der Waals surface area contributed by atoms with Crippen LogP contribution < -0.4 is 10.6 Å². The Labute approximate surface area is 201 Å². The summed E-state index contributed by atoms with van der Waals surface area (Å²) in [6, 6.07) is 7.49. The summed E-state index contributed by atoms with van der Waals surface area (Å²) in [5.41, 5.74) is 2.15. The van der Waals surface area contributed by atoms with Gasteiger partial charge in [-0.05, 0) is 50.6 Å². The van der Waals surface area contributed by atoms with Gasteiger partial charge in [0.25, 0.3) is 0 Å². The number of aliphatic hydroxyl groups is 1. The Balaban J connectivity index is 2.77. The van der Waals surface area contributed by atoms with E-state index < -0.39 is 22.2 Å². The predicted molar refractivity (Wildman–Crippen MR) is 136 cm³/mol. The highest BCUT2D eigenvalue weighted by molar-refractivity contribution is 7.89. The van der Waals surface area contributed by atoms with E-state index >= 15 is 0 Å². The summed E-state index contributed by atoms with van der Waals surface area (Å²) in [6.07, 6.45) is 2.05. The van der Waals surface area contributed by atoms with Gasteiger partial charge in [0.1, 0.15) is 0 Å². The first-order chi connectivity index (χ1) is 15.6. The van der Waals surface area contributed by atoms with Gasteiger partial charge in [0, 0.05) is 26.1 Å². The van der Waals surface area contributed by atoms with Crippen LogP contribution in [0, 0.1) is 12.8 Å². The number of nitrogens with one attached hydrogen (secondary N) is 2. The standard InChI is InChI=1S/C25H45N3O4S/c1-6-15-28(16-7-2)33(31,32)17-13-25(30)27-23(18-22-10-8-21(5)9-11-22)24(29)19-26-14-12-20(3)4/h8-11,20,23-24,26,29H,6-7,12-19H2,1-5H3,(H,27,30)/t23-,24+/m0/s1. The van der Waals surface area contributed by atoms with Crippen LogP contribution in [-0.4, -0.2) is 67.8 Å². The second-order valence-corrected chi connectivity index (χ2v) is 11.4. The van der Waals surface area contributed by atoms with Crippen LogP contribution in [0.1, 0.15) is 64.5 Å². The van der Waals surface area contributed by atoms with Crippen LogP contribution in [0.15, 0.2) is 24.3 Å². The van der Waals surface area contributed by atoms with E-state index in [0.717, 1.165) is 36.9 Å². The molecule has 0 saturated heterocycles. The van der Waals surface area contributed by atoms with E-state index in [1.165, 1.54) is 4.31 Å². The monoisotopic (exact) mass is 483 g/mol. The van der Waals surface area contributed by atoms with Crippen LogP contribution in [0.2, 0.25) is 0 Å². The summed E-state index contributed by atoms with van der Waals surface area (Å²) in [5, 5.41) is 16.9. The zero-order valence-electron chi connectivity index (χ0n) is 21.1. The minimum atomic E-state index is -3.49. The van der Waals surface area contributed by atoms with Crippen molar-refractivity contribution < 1.29 is 18.3 Å². The molecule has 0 fully saturated rings. The highest BCUT2D eigenvalue weighted by Gasteiger charge is 2.25. The molecule has 0 saturated carbocycles. The minimum absolute atomic E-state index is 0.121. The molecule has 0 heterocycles. The van der Waals surface area contributed by atoms with Crippen molar-refractivity contribution in [1.29, 1.82) is 0 Å². The average Bonchev–Trinajstić information content (AvgIpc) is 2.76. The minimum Gasteiger partial charge on any atom is -0.390 e. The normalized spacial score (nSPS) is 13.9. The molecule has 0 bridgehead atoms. The molecule has 1 rings (SSSR count). The van der Waals surface area contributed by atoms with E-state index in [4.69, 9.17) is 0 Å². The SMILES string of the molecule is CCCN(CCC)S(=O)(=O)CCC(=O)N[C@@H](Cc1ccc(C)cc1)[C@H](O)CNCCC(C)C. The van der Waals surface area contributed by atoms with Gasteiger partial charge in [0.2, 0.25) is 15.9 Å². The number of sulfonamides is 1. The lowest BCUT2D eigenvalue weighted by molar-refractivity contribution is -0.122. The summed E-state index contributed by atoms with van der Waals surface area (Å²) in [6.45, 7) is 12.3. The van der Waals surface area contributed by atoms with Crippen molar-refractivity contribution in [2.45, 2.75) is 78.9 Å². The number of hydrogen-bond donors (Lipinski definition) is 3. The van der Waals surface area contributed by atoms with Crippen molar-refractivity contribution in [3.05, 3.63) is 35.4 Å². The quantitative estimate of drug-likeness (QED) is 0.296. The molecule has 0 unspecified atom stereocenters. The first-order valence-corrected chi connectivity index (χ1v) is 13.9. The maximum atomic E-state index is 12.7. The molecule has 0 radical (unpaired) electrons. The third-order valence-corrected chi connectivity index (χ3v) is 7.44. The summed E-state index contributed by atoms with van der Waals surface area (Å²) in [4.78, 5) is 12.7. The molecular formula is C25H45N3O4S. The topological polar surface area (TPSA) is 98.7 Å². The van der Waals surface area contributed by atoms with Crippen LogP contribution >= 0.6 is 0 Å². The fraction of sp³-hybridized carbons (Fsp3) is 0.720. The van der Waals surface area contributed by atoms with Gasteiger partial charge in [0.05, 0.1) is 17.9 Å². The van der Waals surface area contributed by atoms with E-state index in [1.807, 2.05) is 45.0 Å². The second-order valence-electron chi connectivity index (χ2n) is 9.28. The molecule has 33 heavy (non-hydrogen) atoms. The molecule has 0 aliphatic carbocycles. The average molecular weight is 484 g/mol. The summed E-state index contributed by atoms with van der Waals surface area (Å²) >= 11 is 0. The number of carbonyl (C=O) groups is 1. The maximum absolute atomic E-state index is 12.7. The zero-order chi connectivity index (χ0) is 24.9. The zero-order valence-corrected chi connectivity index (χ0v) is 22.0. The molecule has 0 aliphatic rings. The number of nitrogens with zero attached hydrogens (tertiary/aromatic N) is 1. The number of aryl methyl sites for hydroxylation is 1. The maximum Gasteiger partial charge on any atom is 0.221 e. The lowest BCUT2D eigenvalue weighted by Crippen LogP contribution is -2.49. The summed E-state index contributed by atoms with van der Waals surface area (Å²) in [5.74, 6) is -0.0109. The molecule has 0 aromatic heterocycles. The smallest absolute Gasteiger partial charge is 0.221 e. The van der Waals surface area contributed by atoms with E-state index in [1.54, 1.807) is 0 Å². The summed E-state index contributed by atoms with van der Waals surface area (Å²) in [7, 11) is -3.49. The largest absolute Gasteiger partial charge is 0.390 e. The van der Waals surface area contributed by atoms with Gasteiger partial charge in [-0.15, -0.1) is 0 Å². The number of benzene rings is 1. The molecule has 1 amide bonds. The predicted octanol–water partition coefficient (Wildman–Crippen LogP) is 2.86. The molecule has 7 nitrogen and oxygen atoms in total. The van der Waals surface area contributed by atoms with Crippen LogP contribution in [-0.2, 0) is 21.2 Å². The Kier molecular flexibility index (Phi) is 13.8. The van der Waals surface area contributed by atoms with Gasteiger partial charge >= 0.3 is 0 Å². The van der Waals surface area contributed by atoms with E-state index in [2.05, 4.69) is 24.5 Å². The van der Waals surface area contributed by atoms with Gasteiger partial charge < -0.3 is 15.7 Å². The second kappa shape index (κ2) is 15.4. The fourth-order valence-electron chi connectivity index (χ4n) is 3.56. The number of carbonyl (C=O) groups excluding carboxylic acids is 1. The molecule has 8 heteroatoms. The Morgan fingerprint density at radius 2 is 1.70 bits per heavy atom. The van der Waals surface area contributed by atoms with E-state index in [-0.39, 0.29) is 18.1 Å². The van der Waals surface area contributed by atoms with Gasteiger partial charge in [-0.3, -0.25) is 4.79 Å². The number of amides is 1. The van der Waals surface area contributed by atoms with Crippen molar-refractivity contribution >= 4 is 15.9 Å². The van der Waals surface area contributed by atoms with Crippen LogP contribution in [0.4, 0.5) is 0 Å². The highest BCUT2D eigenvalue weighted by Crippen LogP contribution is 2.10. The molecular weight excluding hydrogens is 438 g/mol. The van der Waals surface area contributed by atoms with Gasteiger partial charge in [-0.1, -0.05) is 57.5 Å². The van der Waals surface area contributed by atoms with Gasteiger partial charge in [0.15, 0.2) is 0 Å². The third kappa shape index (κ3) is 12.0. The van der Waals surface area contributed by atoms with Crippen molar-refractivity contribution in [2.75, 3.05) is 31.9 Å². The molecule has 190 valence electrons. The van der Waals surface area contributed by atoms with Crippen molar-refractivity contribution in [2.24, 2.45) is 5.92 Å². The molecule has 1 aromatic rings. The molecule has 3 N–H and O–H groups in total. The number of hydrogen-bond acceptors (Lipinski definition) is 5. The summed E-state index contributed by atoms with van der Waals surface area (Å²) < 4.78 is 26.8. The van der Waals surface area contributed by atoms with Crippen LogP contribution in [0.3, 0.4) is 0 Å².